The molecule has 0 radical (unpaired) electrons. The second kappa shape index (κ2) is 9.76. The largest absolute Gasteiger partial charge is 0.334 e. The molecule has 0 fully saturated rings. The highest BCUT2D eigenvalue weighted by molar-refractivity contribution is 5.75. The smallest absolute Gasteiger partial charge is 0.317 e. The first-order chi connectivity index (χ1) is 15.2. The van der Waals surface area contributed by atoms with E-state index in [-0.39, 0.29) is 6.03 Å². The zero-order valence-electron chi connectivity index (χ0n) is 17.6. The standard InChI is InChI=1S/C26H26N4O/c1-29(19-24-12-5-6-13-25(24)23-10-3-2-4-11-23)26(31)28-17-21-8-7-9-22(16-21)18-30-15-14-27-20-30/h2-16,20H,17-19H2,1H3,(H,28,31). The third-order valence-corrected chi connectivity index (χ3v) is 5.22. The molecule has 1 aromatic heterocycles. The van der Waals surface area contributed by atoms with Gasteiger partial charge in [0.05, 0.1) is 6.33 Å². The Hall–Kier alpha value is -3.86. The minimum Gasteiger partial charge on any atom is -0.334 e. The molecule has 2 amide bonds. The van der Waals surface area contributed by atoms with E-state index in [0.29, 0.717) is 13.1 Å². The molecule has 1 heterocycles. The SMILES string of the molecule is CN(Cc1ccccc1-c1ccccc1)C(=O)NCc1cccc(Cn2ccnc2)c1. The van der Waals surface area contributed by atoms with Crippen LogP contribution >= 0.6 is 0 Å². The fourth-order valence-corrected chi connectivity index (χ4v) is 3.63. The van der Waals surface area contributed by atoms with Crippen LogP contribution in [0.3, 0.4) is 0 Å². The number of imidazole rings is 1. The summed E-state index contributed by atoms with van der Waals surface area (Å²) in [6.45, 7) is 1.79. The lowest BCUT2D eigenvalue weighted by Crippen LogP contribution is -2.36. The molecule has 0 atom stereocenters. The van der Waals surface area contributed by atoms with E-state index in [2.05, 4.69) is 46.7 Å². The van der Waals surface area contributed by atoms with Crippen LogP contribution in [0, 0.1) is 0 Å². The van der Waals surface area contributed by atoms with Crippen molar-refractivity contribution in [3.63, 3.8) is 0 Å². The lowest BCUT2D eigenvalue weighted by Gasteiger charge is -2.20. The number of hydrogen-bond acceptors (Lipinski definition) is 2. The minimum atomic E-state index is -0.0946. The van der Waals surface area contributed by atoms with Crippen LogP contribution in [0.5, 0.6) is 0 Å². The molecular weight excluding hydrogens is 384 g/mol. The third kappa shape index (κ3) is 5.39. The molecule has 5 nitrogen and oxygen atoms in total. The van der Waals surface area contributed by atoms with E-state index in [4.69, 9.17) is 0 Å². The molecule has 31 heavy (non-hydrogen) atoms. The third-order valence-electron chi connectivity index (χ3n) is 5.22. The van der Waals surface area contributed by atoms with Crippen LogP contribution in [-0.2, 0) is 19.6 Å². The highest BCUT2D eigenvalue weighted by atomic mass is 16.2. The van der Waals surface area contributed by atoms with Gasteiger partial charge in [0.1, 0.15) is 0 Å². The van der Waals surface area contributed by atoms with Crippen LogP contribution < -0.4 is 5.32 Å². The molecular formula is C26H26N4O. The van der Waals surface area contributed by atoms with Crippen LogP contribution in [0.25, 0.3) is 11.1 Å². The van der Waals surface area contributed by atoms with Gasteiger partial charge in [-0.3, -0.25) is 0 Å². The van der Waals surface area contributed by atoms with Gasteiger partial charge in [-0.05, 0) is 27.8 Å². The molecule has 0 aliphatic rings. The van der Waals surface area contributed by atoms with Gasteiger partial charge in [-0.15, -0.1) is 0 Å². The highest BCUT2D eigenvalue weighted by Crippen LogP contribution is 2.24. The number of nitrogens with zero attached hydrogens (tertiary/aromatic N) is 3. The van der Waals surface area contributed by atoms with Crippen molar-refractivity contribution in [1.82, 2.24) is 19.8 Å². The van der Waals surface area contributed by atoms with Gasteiger partial charge in [0, 0.05) is 39.1 Å². The molecule has 0 spiro atoms. The fourth-order valence-electron chi connectivity index (χ4n) is 3.63. The number of carbonyl (C=O) groups excluding carboxylic acids is 1. The molecule has 3 aromatic carbocycles. The Balaban J connectivity index is 1.37. The monoisotopic (exact) mass is 410 g/mol. The number of carbonyl (C=O) groups is 1. The van der Waals surface area contributed by atoms with Crippen molar-refractivity contribution in [2.24, 2.45) is 0 Å². The van der Waals surface area contributed by atoms with Crippen LogP contribution in [0.4, 0.5) is 4.79 Å². The number of urea groups is 1. The first kappa shape index (κ1) is 20.4. The zero-order valence-corrected chi connectivity index (χ0v) is 17.6. The van der Waals surface area contributed by atoms with Crippen LogP contribution in [0.2, 0.25) is 0 Å². The second-order valence-electron chi connectivity index (χ2n) is 7.59. The zero-order chi connectivity index (χ0) is 21.5. The van der Waals surface area contributed by atoms with E-state index >= 15 is 0 Å². The van der Waals surface area contributed by atoms with E-state index in [9.17, 15) is 4.79 Å². The normalized spacial score (nSPS) is 10.6. The maximum absolute atomic E-state index is 12.7. The molecule has 4 aromatic rings. The lowest BCUT2D eigenvalue weighted by atomic mass is 9.99. The summed E-state index contributed by atoms with van der Waals surface area (Å²) in [7, 11) is 1.83. The van der Waals surface area contributed by atoms with E-state index in [1.165, 1.54) is 5.56 Å². The Morgan fingerprint density at radius 2 is 1.74 bits per heavy atom. The van der Waals surface area contributed by atoms with Crippen LogP contribution in [0.15, 0.2) is 97.6 Å². The Bertz CT molecular complexity index is 1120. The van der Waals surface area contributed by atoms with Crippen molar-refractivity contribution >= 4 is 6.03 Å². The summed E-state index contributed by atoms with van der Waals surface area (Å²) < 4.78 is 2.02. The lowest BCUT2D eigenvalue weighted by molar-refractivity contribution is 0.206. The van der Waals surface area contributed by atoms with Crippen molar-refractivity contribution in [2.45, 2.75) is 19.6 Å². The van der Waals surface area contributed by atoms with Gasteiger partial charge in [-0.2, -0.15) is 0 Å². The molecule has 0 bridgehead atoms. The predicted molar refractivity (Wildman–Crippen MR) is 123 cm³/mol. The van der Waals surface area contributed by atoms with Crippen LogP contribution in [0.1, 0.15) is 16.7 Å². The Labute approximate surface area is 183 Å². The number of rotatable bonds is 7. The van der Waals surface area contributed by atoms with Gasteiger partial charge in [-0.1, -0.05) is 78.9 Å². The van der Waals surface area contributed by atoms with Gasteiger partial charge < -0.3 is 14.8 Å². The summed E-state index contributed by atoms with van der Waals surface area (Å²) in [5.41, 5.74) is 5.67. The average Bonchev–Trinajstić information content (AvgIpc) is 3.31. The molecule has 0 saturated carbocycles. The van der Waals surface area contributed by atoms with E-state index in [0.717, 1.165) is 28.8 Å². The summed E-state index contributed by atoms with van der Waals surface area (Å²) in [4.78, 5) is 18.5. The first-order valence-corrected chi connectivity index (χ1v) is 10.3. The second-order valence-corrected chi connectivity index (χ2v) is 7.59. The van der Waals surface area contributed by atoms with Gasteiger partial charge in [0.25, 0.3) is 0 Å². The topological polar surface area (TPSA) is 50.2 Å². The van der Waals surface area contributed by atoms with Gasteiger partial charge in [0.15, 0.2) is 0 Å². The molecule has 5 heteroatoms. The van der Waals surface area contributed by atoms with Gasteiger partial charge in [-0.25, -0.2) is 9.78 Å². The summed E-state index contributed by atoms with van der Waals surface area (Å²) in [5, 5.41) is 3.03. The molecule has 0 aliphatic carbocycles. The van der Waals surface area contributed by atoms with E-state index in [1.807, 2.05) is 60.3 Å². The summed E-state index contributed by atoms with van der Waals surface area (Å²) in [6, 6.07) is 26.6. The molecule has 0 unspecified atom stereocenters. The first-order valence-electron chi connectivity index (χ1n) is 10.3. The molecule has 4 rings (SSSR count). The summed E-state index contributed by atoms with van der Waals surface area (Å²) in [5.74, 6) is 0. The Morgan fingerprint density at radius 1 is 0.968 bits per heavy atom. The molecule has 156 valence electrons. The van der Waals surface area contributed by atoms with Crippen molar-refractivity contribution in [3.8, 4) is 11.1 Å². The maximum Gasteiger partial charge on any atom is 0.317 e. The number of aromatic nitrogens is 2. The Kier molecular flexibility index (Phi) is 6.43. The minimum absolute atomic E-state index is 0.0946. The number of amides is 2. The number of hydrogen-bond donors (Lipinski definition) is 1. The Morgan fingerprint density at radius 3 is 2.55 bits per heavy atom. The summed E-state index contributed by atoms with van der Waals surface area (Å²) in [6.07, 6.45) is 5.52. The number of nitrogens with one attached hydrogen (secondary N) is 1. The number of benzene rings is 3. The highest BCUT2D eigenvalue weighted by Gasteiger charge is 2.12. The van der Waals surface area contributed by atoms with Gasteiger partial charge >= 0.3 is 6.03 Å². The van der Waals surface area contributed by atoms with Crippen LogP contribution in [-0.4, -0.2) is 27.5 Å². The molecule has 0 saturated heterocycles. The van der Waals surface area contributed by atoms with E-state index in [1.54, 1.807) is 17.4 Å². The van der Waals surface area contributed by atoms with Crippen molar-refractivity contribution in [3.05, 3.63) is 114 Å². The maximum atomic E-state index is 12.7. The summed E-state index contributed by atoms with van der Waals surface area (Å²) >= 11 is 0. The van der Waals surface area contributed by atoms with Gasteiger partial charge in [0.2, 0.25) is 0 Å². The van der Waals surface area contributed by atoms with E-state index < -0.39 is 0 Å². The van der Waals surface area contributed by atoms with Crippen molar-refractivity contribution < 1.29 is 4.79 Å². The molecule has 1 N–H and O–H groups in total. The average molecular weight is 411 g/mol. The molecule has 0 aliphatic heterocycles. The van der Waals surface area contributed by atoms with Crippen molar-refractivity contribution in [1.29, 1.82) is 0 Å². The quantitative estimate of drug-likeness (QED) is 0.469. The predicted octanol–water partition coefficient (Wildman–Crippen LogP) is 4.94. The fraction of sp³-hybridized carbons (Fsp3) is 0.154. The van der Waals surface area contributed by atoms with Crippen molar-refractivity contribution in [2.75, 3.05) is 7.05 Å².